The van der Waals surface area contributed by atoms with Gasteiger partial charge in [0.05, 0.1) is 7.11 Å². The molecule has 0 aliphatic heterocycles. The smallest absolute Gasteiger partial charge is 0.411 e. The number of carbonyl (C=O) groups is 1. The first-order chi connectivity index (χ1) is 5.21. The molecule has 0 unspecified atom stereocenters. The van der Waals surface area contributed by atoms with E-state index in [0.29, 0.717) is 0 Å². The molecule has 0 rings (SSSR count). The number of alkyl halides is 3. The Labute approximate surface area is 69.0 Å². The van der Waals surface area contributed by atoms with Crippen LogP contribution in [-0.2, 0) is 9.53 Å². The number of halogens is 3. The fourth-order valence-electron chi connectivity index (χ4n) is 0. The topological polar surface area (TPSA) is 26.3 Å². The van der Waals surface area contributed by atoms with Gasteiger partial charge in [-0.2, -0.15) is 13.2 Å². The molecule has 0 amide bonds. The molecular formula is C7H11F3O2. The summed E-state index contributed by atoms with van der Waals surface area (Å²) >= 11 is 0. The molecule has 0 aromatic heterocycles. The van der Waals surface area contributed by atoms with E-state index >= 15 is 0 Å². The third-order valence-electron chi connectivity index (χ3n) is 0.771. The van der Waals surface area contributed by atoms with Crippen LogP contribution in [0.2, 0.25) is 0 Å². The highest BCUT2D eigenvalue weighted by Crippen LogP contribution is 2.22. The van der Waals surface area contributed by atoms with Gasteiger partial charge >= 0.3 is 12.1 Å². The molecule has 0 fully saturated rings. The molecule has 72 valence electrons. The third kappa shape index (κ3) is 11.8. The number of rotatable bonds is 0. The highest BCUT2D eigenvalue weighted by atomic mass is 19.4. The largest absolute Gasteiger partial charge is 0.469 e. The van der Waals surface area contributed by atoms with Crippen LogP contribution in [0.5, 0.6) is 0 Å². The number of allylic oxidation sites excluding steroid dienone is 1. The SMILES string of the molecule is C=C(C)C(F)(F)F.COC(C)=O. The van der Waals surface area contributed by atoms with Gasteiger partial charge < -0.3 is 4.74 Å². The summed E-state index contributed by atoms with van der Waals surface area (Å²) in [5, 5.41) is 0. The van der Waals surface area contributed by atoms with Crippen LogP contribution in [0.4, 0.5) is 13.2 Å². The summed E-state index contributed by atoms with van der Waals surface area (Å²) in [6.45, 7) is 4.99. The summed E-state index contributed by atoms with van der Waals surface area (Å²) in [5.41, 5.74) is -0.757. The van der Waals surface area contributed by atoms with E-state index in [1.807, 2.05) is 0 Å². The lowest BCUT2D eigenvalue weighted by molar-refractivity contribution is -0.137. The zero-order chi connectivity index (χ0) is 10.4. The lowest BCUT2D eigenvalue weighted by Gasteiger charge is -2.01. The van der Waals surface area contributed by atoms with E-state index < -0.39 is 11.7 Å². The van der Waals surface area contributed by atoms with Crippen molar-refractivity contribution in [3.8, 4) is 0 Å². The highest BCUT2D eigenvalue weighted by Gasteiger charge is 2.27. The predicted molar refractivity (Wildman–Crippen MR) is 38.6 cm³/mol. The highest BCUT2D eigenvalue weighted by molar-refractivity contribution is 5.65. The molecule has 0 heterocycles. The molecule has 0 aromatic carbocycles. The van der Waals surface area contributed by atoms with E-state index in [4.69, 9.17) is 0 Å². The quantitative estimate of drug-likeness (QED) is 0.426. The van der Waals surface area contributed by atoms with Crippen LogP contribution in [0.25, 0.3) is 0 Å². The van der Waals surface area contributed by atoms with Crippen molar-refractivity contribution in [1.29, 1.82) is 0 Å². The molecule has 2 nitrogen and oxygen atoms in total. The van der Waals surface area contributed by atoms with Crippen molar-refractivity contribution in [1.82, 2.24) is 0 Å². The van der Waals surface area contributed by atoms with E-state index in [-0.39, 0.29) is 5.97 Å². The van der Waals surface area contributed by atoms with Crippen molar-refractivity contribution in [2.24, 2.45) is 0 Å². The average molecular weight is 184 g/mol. The number of hydrogen-bond donors (Lipinski definition) is 0. The Morgan fingerprint density at radius 1 is 1.33 bits per heavy atom. The Morgan fingerprint density at radius 2 is 1.50 bits per heavy atom. The molecule has 0 aromatic rings. The molecule has 0 atom stereocenters. The Kier molecular flexibility index (Phi) is 6.37. The average Bonchev–Trinajstić information content (AvgIpc) is 1.87. The van der Waals surface area contributed by atoms with Crippen molar-refractivity contribution in [3.05, 3.63) is 12.2 Å². The second-order valence-electron chi connectivity index (χ2n) is 1.97. The number of ether oxygens (including phenoxy) is 1. The molecule has 12 heavy (non-hydrogen) atoms. The Balaban J connectivity index is 0. The molecule has 0 spiro atoms. The second-order valence-corrected chi connectivity index (χ2v) is 1.97. The van der Waals surface area contributed by atoms with Crippen LogP contribution in [0.1, 0.15) is 13.8 Å². The van der Waals surface area contributed by atoms with Crippen LogP contribution in [-0.4, -0.2) is 19.3 Å². The number of methoxy groups -OCH3 is 1. The standard InChI is InChI=1S/C4H5F3.C3H6O2/c1-3(2)4(5,6)7;1-3(4)5-2/h1H2,2H3;1-2H3. The normalized spacial score (nSPS) is 9.50. The van der Waals surface area contributed by atoms with E-state index in [2.05, 4.69) is 11.3 Å². The fourth-order valence-corrected chi connectivity index (χ4v) is 0. The van der Waals surface area contributed by atoms with E-state index in [9.17, 15) is 18.0 Å². The molecule has 0 aliphatic rings. The maximum absolute atomic E-state index is 11.1. The molecule has 0 bridgehead atoms. The van der Waals surface area contributed by atoms with Crippen LogP contribution in [0, 0.1) is 0 Å². The summed E-state index contributed by atoms with van der Waals surface area (Å²) in [4.78, 5) is 9.59. The summed E-state index contributed by atoms with van der Waals surface area (Å²) in [7, 11) is 1.35. The van der Waals surface area contributed by atoms with Gasteiger partial charge in [-0.25, -0.2) is 0 Å². The van der Waals surface area contributed by atoms with Crippen LogP contribution >= 0.6 is 0 Å². The minimum Gasteiger partial charge on any atom is -0.469 e. The van der Waals surface area contributed by atoms with E-state index in [1.54, 1.807) is 0 Å². The van der Waals surface area contributed by atoms with Crippen LogP contribution < -0.4 is 0 Å². The van der Waals surface area contributed by atoms with Crippen LogP contribution in [0.15, 0.2) is 12.2 Å². The lowest BCUT2D eigenvalue weighted by Crippen LogP contribution is -2.06. The number of carbonyl (C=O) groups excluding carboxylic acids is 1. The Bertz CT molecular complexity index is 161. The lowest BCUT2D eigenvalue weighted by atomic mass is 10.3. The van der Waals surface area contributed by atoms with Gasteiger partial charge in [0.15, 0.2) is 0 Å². The van der Waals surface area contributed by atoms with Gasteiger partial charge in [0.2, 0.25) is 0 Å². The van der Waals surface area contributed by atoms with Gasteiger partial charge in [0.25, 0.3) is 0 Å². The van der Waals surface area contributed by atoms with E-state index in [0.717, 1.165) is 6.92 Å². The molecule has 0 saturated heterocycles. The van der Waals surface area contributed by atoms with E-state index in [1.165, 1.54) is 14.0 Å². The maximum atomic E-state index is 11.1. The minimum absolute atomic E-state index is 0.245. The summed E-state index contributed by atoms with van der Waals surface area (Å²) in [5.74, 6) is -0.245. The van der Waals surface area contributed by atoms with Gasteiger partial charge in [0, 0.05) is 12.5 Å². The fraction of sp³-hybridized carbons (Fsp3) is 0.571. The third-order valence-corrected chi connectivity index (χ3v) is 0.771. The molecule has 0 aliphatic carbocycles. The zero-order valence-electron chi connectivity index (χ0n) is 7.16. The molecule has 0 N–H and O–H groups in total. The van der Waals surface area contributed by atoms with Gasteiger partial charge in [-0.15, -0.1) is 0 Å². The maximum Gasteiger partial charge on any atom is 0.411 e. The molecule has 5 heteroatoms. The monoisotopic (exact) mass is 184 g/mol. The summed E-state index contributed by atoms with van der Waals surface area (Å²) in [6, 6.07) is 0. The molecule has 0 radical (unpaired) electrons. The first kappa shape index (κ1) is 13.6. The molecule has 0 saturated carbocycles. The number of esters is 1. The van der Waals surface area contributed by atoms with Gasteiger partial charge in [-0.05, 0) is 6.92 Å². The van der Waals surface area contributed by atoms with Crippen molar-refractivity contribution in [3.63, 3.8) is 0 Å². The van der Waals surface area contributed by atoms with Gasteiger partial charge in [-0.1, -0.05) is 6.58 Å². The Hall–Kier alpha value is -1.00. The minimum atomic E-state index is -4.19. The molecular weight excluding hydrogens is 173 g/mol. The predicted octanol–water partition coefficient (Wildman–Crippen LogP) is 2.30. The summed E-state index contributed by atoms with van der Waals surface area (Å²) < 4.78 is 37.3. The number of hydrogen-bond acceptors (Lipinski definition) is 2. The summed E-state index contributed by atoms with van der Waals surface area (Å²) in [6.07, 6.45) is -4.19. The van der Waals surface area contributed by atoms with Gasteiger partial charge in [-0.3, -0.25) is 4.79 Å². The van der Waals surface area contributed by atoms with Crippen molar-refractivity contribution >= 4 is 5.97 Å². The van der Waals surface area contributed by atoms with Crippen molar-refractivity contribution < 1.29 is 22.7 Å². The van der Waals surface area contributed by atoms with Crippen molar-refractivity contribution in [2.75, 3.05) is 7.11 Å². The first-order valence-electron chi connectivity index (χ1n) is 2.99. The second kappa shape index (κ2) is 5.62. The van der Waals surface area contributed by atoms with Crippen LogP contribution in [0.3, 0.4) is 0 Å². The van der Waals surface area contributed by atoms with Gasteiger partial charge in [0.1, 0.15) is 0 Å². The first-order valence-corrected chi connectivity index (χ1v) is 2.99. The van der Waals surface area contributed by atoms with Crippen molar-refractivity contribution in [2.45, 2.75) is 20.0 Å². The zero-order valence-corrected chi connectivity index (χ0v) is 7.16. The Morgan fingerprint density at radius 3 is 1.50 bits per heavy atom.